The molecule has 0 unspecified atom stereocenters. The highest BCUT2D eigenvalue weighted by molar-refractivity contribution is 5.72. The third-order valence-corrected chi connectivity index (χ3v) is 7.22. The van der Waals surface area contributed by atoms with Gasteiger partial charge in [0.25, 0.3) is 0 Å². The number of rotatable bonds is 6. The molecule has 182 valence electrons. The normalized spacial score (nSPS) is 27.4. The van der Waals surface area contributed by atoms with Crippen molar-refractivity contribution in [1.82, 2.24) is 30.7 Å². The Morgan fingerprint density at radius 2 is 2.03 bits per heavy atom. The molecule has 9 nitrogen and oxygen atoms in total. The fraction of sp³-hybridized carbons (Fsp3) is 0.480. The average Bonchev–Trinajstić information content (AvgIpc) is 3.72. The number of fused-ring (bicyclic) bond motifs is 2. The summed E-state index contributed by atoms with van der Waals surface area (Å²) in [6.07, 6.45) is 7.81. The third-order valence-electron chi connectivity index (χ3n) is 7.22. The molecule has 2 saturated heterocycles. The number of anilines is 1. The van der Waals surface area contributed by atoms with E-state index in [1.54, 1.807) is 18.3 Å². The Bertz CT molecular complexity index is 1310. The van der Waals surface area contributed by atoms with E-state index in [9.17, 15) is 5.11 Å². The molecule has 1 aliphatic carbocycles. The van der Waals surface area contributed by atoms with Gasteiger partial charge in [-0.2, -0.15) is 5.10 Å². The maximum atomic E-state index is 15.5. The second kappa shape index (κ2) is 8.99. The first-order valence-electron chi connectivity index (χ1n) is 13.5. The minimum atomic E-state index is -2.65. The standard InChI is InChI=1S/C25H28FN7O2/c1-35-23-10-15(12-28-31-23)14-5-8-18(21(34)9-14)25-27-13-22(30-32-25)33(17-6-7-17)20-11-16-3-2-4-19(29-16)24(20)26/h5,8-10,12-13,16-17,19-20,24,29,34H,2-4,6-7,11H2,1H3/t16-,19-,20+,24-/m0/s1/i1D3. The van der Waals surface area contributed by atoms with E-state index in [0.717, 1.165) is 38.5 Å². The Morgan fingerprint density at radius 3 is 2.80 bits per heavy atom. The number of hydrogen-bond acceptors (Lipinski definition) is 9. The minimum absolute atomic E-state index is 0.0822. The lowest BCUT2D eigenvalue weighted by Crippen LogP contribution is -2.62. The van der Waals surface area contributed by atoms with Gasteiger partial charge in [-0.3, -0.25) is 0 Å². The molecule has 2 bridgehead atoms. The summed E-state index contributed by atoms with van der Waals surface area (Å²) in [5.74, 6) is 0.569. The van der Waals surface area contributed by atoms with Gasteiger partial charge in [0.1, 0.15) is 11.9 Å². The molecule has 10 heteroatoms. The lowest BCUT2D eigenvalue weighted by molar-refractivity contribution is 0.104. The Hall–Kier alpha value is -3.40. The van der Waals surface area contributed by atoms with Gasteiger partial charge in [-0.25, -0.2) is 9.37 Å². The summed E-state index contributed by atoms with van der Waals surface area (Å²) in [7, 11) is -2.65. The number of nitrogens with zero attached hydrogens (tertiary/aromatic N) is 6. The summed E-state index contributed by atoms with van der Waals surface area (Å²) < 4.78 is 42.0. The van der Waals surface area contributed by atoms with Crippen molar-refractivity contribution in [3.8, 4) is 34.1 Å². The van der Waals surface area contributed by atoms with Crippen LogP contribution in [0.2, 0.25) is 0 Å². The Kier molecular flexibility index (Phi) is 4.85. The molecule has 2 N–H and O–H groups in total. The number of nitrogens with one attached hydrogen (secondary N) is 1. The van der Waals surface area contributed by atoms with Crippen molar-refractivity contribution in [3.63, 3.8) is 0 Å². The smallest absolute Gasteiger partial charge is 0.233 e. The molecule has 6 rings (SSSR count). The number of phenolic OH excluding ortho intramolecular Hbond substituents is 1. The number of benzene rings is 1. The largest absolute Gasteiger partial charge is 0.507 e. The Balaban J connectivity index is 1.23. The van der Waals surface area contributed by atoms with Crippen LogP contribution < -0.4 is 15.0 Å². The molecule has 4 atom stereocenters. The molecule has 4 heterocycles. The van der Waals surface area contributed by atoms with E-state index in [4.69, 9.17) is 8.85 Å². The highest BCUT2D eigenvalue weighted by Crippen LogP contribution is 2.39. The van der Waals surface area contributed by atoms with Crippen LogP contribution in [0.1, 0.15) is 42.6 Å². The number of methoxy groups -OCH3 is 1. The maximum absolute atomic E-state index is 15.5. The maximum Gasteiger partial charge on any atom is 0.233 e. The van der Waals surface area contributed by atoms with E-state index in [-0.39, 0.29) is 35.6 Å². The molecule has 2 aliphatic heterocycles. The fourth-order valence-corrected chi connectivity index (χ4v) is 5.39. The first-order valence-corrected chi connectivity index (χ1v) is 12.0. The van der Waals surface area contributed by atoms with E-state index < -0.39 is 13.2 Å². The third kappa shape index (κ3) is 4.27. The van der Waals surface area contributed by atoms with Gasteiger partial charge in [-0.15, -0.1) is 15.3 Å². The predicted molar refractivity (Wildman–Crippen MR) is 128 cm³/mol. The Labute approximate surface area is 207 Å². The van der Waals surface area contributed by atoms with Crippen molar-refractivity contribution in [3.05, 3.63) is 36.7 Å². The molecule has 0 radical (unpaired) electrons. The van der Waals surface area contributed by atoms with Crippen LogP contribution >= 0.6 is 0 Å². The lowest BCUT2D eigenvalue weighted by atomic mass is 9.82. The predicted octanol–water partition coefficient (Wildman–Crippen LogP) is 3.30. The Morgan fingerprint density at radius 1 is 1.11 bits per heavy atom. The van der Waals surface area contributed by atoms with Gasteiger partial charge in [0, 0.05) is 29.8 Å². The van der Waals surface area contributed by atoms with Crippen molar-refractivity contribution in [2.75, 3.05) is 11.9 Å². The van der Waals surface area contributed by atoms with Crippen molar-refractivity contribution in [2.24, 2.45) is 0 Å². The fourth-order valence-electron chi connectivity index (χ4n) is 5.39. The summed E-state index contributed by atoms with van der Waals surface area (Å²) in [5.41, 5.74) is 1.47. The molecule has 35 heavy (non-hydrogen) atoms. The zero-order valence-corrected chi connectivity index (χ0v) is 19.0. The zero-order chi connectivity index (χ0) is 26.4. The monoisotopic (exact) mass is 480 g/mol. The van der Waals surface area contributed by atoms with Gasteiger partial charge in [0.2, 0.25) is 5.88 Å². The molecular weight excluding hydrogens is 449 g/mol. The quantitative estimate of drug-likeness (QED) is 0.549. The van der Waals surface area contributed by atoms with Gasteiger partial charge in [-0.05, 0) is 49.8 Å². The van der Waals surface area contributed by atoms with Crippen molar-refractivity contribution in [1.29, 1.82) is 0 Å². The van der Waals surface area contributed by atoms with Crippen LogP contribution in [0.25, 0.3) is 22.5 Å². The second-order valence-electron chi connectivity index (χ2n) is 9.54. The summed E-state index contributed by atoms with van der Waals surface area (Å²) in [4.78, 5) is 6.55. The topological polar surface area (TPSA) is 109 Å². The molecule has 0 amide bonds. The first-order chi connectivity index (χ1) is 18.2. The molecule has 1 aromatic carbocycles. The summed E-state index contributed by atoms with van der Waals surface area (Å²) in [6, 6.07) is 6.52. The van der Waals surface area contributed by atoms with Crippen LogP contribution in [0.5, 0.6) is 11.6 Å². The van der Waals surface area contributed by atoms with Crippen molar-refractivity contribution >= 4 is 5.82 Å². The first kappa shape index (κ1) is 18.9. The van der Waals surface area contributed by atoms with Crippen molar-refractivity contribution in [2.45, 2.75) is 68.9 Å². The SMILES string of the molecule is [2H]C([2H])([2H])Oc1cc(-c2ccc(-c3ncc(N(C4CC4)[C@@H]4C[C@@H]5CCC[C@H](N5)[C@@H]4F)nn3)c(O)c2)cnn1. The van der Waals surface area contributed by atoms with E-state index in [2.05, 4.69) is 35.6 Å². The van der Waals surface area contributed by atoms with Gasteiger partial charge < -0.3 is 20.1 Å². The minimum Gasteiger partial charge on any atom is -0.507 e. The number of ether oxygens (including phenoxy) is 1. The van der Waals surface area contributed by atoms with Crippen LogP contribution in [0.4, 0.5) is 10.2 Å². The van der Waals surface area contributed by atoms with Crippen LogP contribution in [0.15, 0.2) is 36.7 Å². The van der Waals surface area contributed by atoms with Crippen molar-refractivity contribution < 1.29 is 18.3 Å². The molecule has 3 aromatic rings. The highest BCUT2D eigenvalue weighted by Gasteiger charge is 2.46. The second-order valence-corrected chi connectivity index (χ2v) is 9.54. The molecule has 2 aromatic heterocycles. The molecule has 1 saturated carbocycles. The summed E-state index contributed by atoms with van der Waals surface area (Å²) in [6.45, 7) is 0. The van der Waals surface area contributed by atoms with Crippen LogP contribution in [0.3, 0.4) is 0 Å². The summed E-state index contributed by atoms with van der Waals surface area (Å²) in [5, 5.41) is 30.3. The van der Waals surface area contributed by atoms with E-state index in [1.807, 2.05) is 0 Å². The van der Waals surface area contributed by atoms with Gasteiger partial charge in [-0.1, -0.05) is 12.5 Å². The number of hydrogen-bond donors (Lipinski definition) is 2. The van der Waals surface area contributed by atoms with E-state index in [0.29, 0.717) is 28.6 Å². The number of piperidine rings is 2. The molecular formula is C25H28FN7O2. The van der Waals surface area contributed by atoms with Crippen LogP contribution in [0, 0.1) is 0 Å². The molecule has 3 fully saturated rings. The average molecular weight is 481 g/mol. The highest BCUT2D eigenvalue weighted by atomic mass is 19.1. The number of aromatic nitrogens is 5. The lowest BCUT2D eigenvalue weighted by Gasteiger charge is -2.47. The summed E-state index contributed by atoms with van der Waals surface area (Å²) >= 11 is 0. The van der Waals surface area contributed by atoms with Crippen LogP contribution in [-0.4, -0.2) is 67.9 Å². The molecule has 0 spiro atoms. The van der Waals surface area contributed by atoms with Crippen LogP contribution in [-0.2, 0) is 0 Å². The van der Waals surface area contributed by atoms with Gasteiger partial charge in [0.15, 0.2) is 11.6 Å². The van der Waals surface area contributed by atoms with E-state index in [1.165, 1.54) is 18.3 Å². The molecule has 3 aliphatic rings. The van der Waals surface area contributed by atoms with Gasteiger partial charge >= 0.3 is 0 Å². The zero-order valence-electron chi connectivity index (χ0n) is 22.0. The van der Waals surface area contributed by atoms with E-state index >= 15 is 4.39 Å². The number of alkyl halides is 1. The van der Waals surface area contributed by atoms with Gasteiger partial charge in [0.05, 0.1) is 35.1 Å². The number of phenols is 1. The number of aromatic hydroxyl groups is 1. The number of halogens is 1.